The maximum atomic E-state index is 13.6. The lowest BCUT2D eigenvalue weighted by molar-refractivity contribution is -0.150. The molecule has 1 aromatic carbocycles. The number of ether oxygens (including phenoxy) is 2. The molecule has 9 heteroatoms. The third-order valence-electron chi connectivity index (χ3n) is 9.36. The highest BCUT2D eigenvalue weighted by Gasteiger charge is 2.51. The molecule has 0 aliphatic heterocycles. The smallest absolute Gasteiger partial charge is 0.309 e. The highest BCUT2D eigenvalue weighted by molar-refractivity contribution is 5.98. The number of carbonyl (C=O) groups excluding carboxylic acids is 2. The SMILES string of the molecule is CCCCCCNC(=O)[C@H]1[C@@H]2CC[C@@H](C2)[C@H]1NC(=O)c1cc(OC2CCC(C)(C(=O)O)CC2)c(C#N)cc1OC. The Morgan fingerprint density at radius 1 is 1.07 bits per heavy atom. The maximum absolute atomic E-state index is 13.6. The number of carboxylic acid groups (broad SMARTS) is 1. The predicted molar refractivity (Wildman–Crippen MR) is 149 cm³/mol. The fourth-order valence-electron chi connectivity index (χ4n) is 6.82. The first-order chi connectivity index (χ1) is 19.2. The minimum Gasteiger partial charge on any atom is -0.496 e. The van der Waals surface area contributed by atoms with Crippen molar-refractivity contribution in [3.05, 3.63) is 23.3 Å². The van der Waals surface area contributed by atoms with E-state index in [1.54, 1.807) is 13.0 Å². The Hall–Kier alpha value is -3.28. The standard InChI is InChI=1S/C31H43N3O6/c1-4-5-6-7-14-33-29(36)26-19-8-9-20(15-19)27(26)34-28(35)23-17-24(21(18-32)16-25(23)39-3)40-22-10-12-31(2,13-11-22)30(37)38/h16-17,19-20,22,26-27H,4-15H2,1-3H3,(H,33,36)(H,34,35)(H,37,38)/t19-,20+,22?,26+,27-,31?/m1/s1. The fraction of sp³-hybridized carbons (Fsp3) is 0.677. The summed E-state index contributed by atoms with van der Waals surface area (Å²) in [6.45, 7) is 4.56. The van der Waals surface area contributed by atoms with Crippen molar-refractivity contribution in [3.8, 4) is 17.6 Å². The maximum Gasteiger partial charge on any atom is 0.309 e. The number of fused-ring (bicyclic) bond motifs is 2. The van der Waals surface area contributed by atoms with Crippen molar-refractivity contribution in [1.82, 2.24) is 10.6 Å². The molecule has 3 N–H and O–H groups in total. The molecular formula is C31H43N3O6. The van der Waals surface area contributed by atoms with Gasteiger partial charge in [0, 0.05) is 18.7 Å². The predicted octanol–water partition coefficient (Wildman–Crippen LogP) is 4.82. The molecule has 1 aromatic rings. The number of hydrogen-bond donors (Lipinski definition) is 3. The van der Waals surface area contributed by atoms with Crippen LogP contribution in [0.25, 0.3) is 0 Å². The normalized spacial score (nSPS) is 28.9. The van der Waals surface area contributed by atoms with E-state index in [9.17, 15) is 24.8 Å². The molecule has 3 fully saturated rings. The molecule has 0 unspecified atom stereocenters. The van der Waals surface area contributed by atoms with Crippen LogP contribution in [-0.2, 0) is 9.59 Å². The van der Waals surface area contributed by atoms with E-state index in [0.717, 1.165) is 44.9 Å². The van der Waals surface area contributed by atoms with Crippen LogP contribution in [0.15, 0.2) is 12.1 Å². The largest absolute Gasteiger partial charge is 0.496 e. The van der Waals surface area contributed by atoms with Crippen LogP contribution in [0, 0.1) is 34.5 Å². The van der Waals surface area contributed by atoms with Crippen molar-refractivity contribution < 1.29 is 29.0 Å². The zero-order chi connectivity index (χ0) is 28.9. The van der Waals surface area contributed by atoms with Crippen LogP contribution in [0.3, 0.4) is 0 Å². The molecule has 0 aromatic heterocycles. The van der Waals surface area contributed by atoms with Crippen LogP contribution in [0.1, 0.15) is 100 Å². The summed E-state index contributed by atoms with van der Waals surface area (Å²) in [5.74, 6) is -0.306. The molecule has 2 amide bonds. The number of nitriles is 1. The van der Waals surface area contributed by atoms with Crippen LogP contribution in [0.4, 0.5) is 0 Å². The number of nitrogens with one attached hydrogen (secondary N) is 2. The summed E-state index contributed by atoms with van der Waals surface area (Å²) in [7, 11) is 1.45. The number of unbranched alkanes of at least 4 members (excludes halogenated alkanes) is 3. The second kappa shape index (κ2) is 12.9. The Bertz CT molecular complexity index is 1140. The van der Waals surface area contributed by atoms with Gasteiger partial charge < -0.3 is 25.2 Å². The van der Waals surface area contributed by atoms with E-state index in [-0.39, 0.29) is 64.3 Å². The number of nitrogens with zero attached hydrogens (tertiary/aromatic N) is 1. The van der Waals surface area contributed by atoms with Crippen LogP contribution in [0.5, 0.6) is 11.5 Å². The quantitative estimate of drug-likeness (QED) is 0.316. The van der Waals surface area contributed by atoms with Crippen LogP contribution in [0.2, 0.25) is 0 Å². The van der Waals surface area contributed by atoms with Crippen LogP contribution < -0.4 is 20.1 Å². The van der Waals surface area contributed by atoms with Crippen molar-refractivity contribution >= 4 is 17.8 Å². The highest BCUT2D eigenvalue weighted by Crippen LogP contribution is 2.49. The number of aliphatic carboxylic acids is 1. The summed E-state index contributed by atoms with van der Waals surface area (Å²) in [6, 6.07) is 4.93. The second-order valence-corrected chi connectivity index (χ2v) is 12.1. The first kappa shape index (κ1) is 29.7. The first-order valence-corrected chi connectivity index (χ1v) is 14.8. The zero-order valence-electron chi connectivity index (χ0n) is 24.0. The average molecular weight is 554 g/mol. The van der Waals surface area contributed by atoms with Gasteiger partial charge in [0.2, 0.25) is 5.91 Å². The summed E-state index contributed by atoms with van der Waals surface area (Å²) < 4.78 is 11.7. The van der Waals surface area contributed by atoms with Crippen molar-refractivity contribution in [2.24, 2.45) is 23.2 Å². The third kappa shape index (κ3) is 6.37. The Balaban J connectivity index is 1.47. The van der Waals surface area contributed by atoms with E-state index in [1.807, 2.05) is 0 Å². The molecule has 4 atom stereocenters. The molecular weight excluding hydrogens is 510 g/mol. The lowest BCUT2D eigenvalue weighted by Gasteiger charge is -2.34. The van der Waals surface area contributed by atoms with E-state index < -0.39 is 11.4 Å². The summed E-state index contributed by atoms with van der Waals surface area (Å²) in [5, 5.41) is 25.5. The van der Waals surface area contributed by atoms with Gasteiger partial charge in [-0.05, 0) is 76.2 Å². The van der Waals surface area contributed by atoms with Crippen molar-refractivity contribution in [3.63, 3.8) is 0 Å². The van der Waals surface area contributed by atoms with Gasteiger partial charge in [0.25, 0.3) is 5.91 Å². The molecule has 40 heavy (non-hydrogen) atoms. The Morgan fingerprint density at radius 2 is 1.80 bits per heavy atom. The first-order valence-electron chi connectivity index (χ1n) is 14.8. The number of benzene rings is 1. The van der Waals surface area contributed by atoms with Crippen LogP contribution in [-0.4, -0.2) is 48.7 Å². The van der Waals surface area contributed by atoms with E-state index in [2.05, 4.69) is 23.6 Å². The van der Waals surface area contributed by atoms with Crippen molar-refractivity contribution in [2.75, 3.05) is 13.7 Å². The number of methoxy groups -OCH3 is 1. The van der Waals surface area contributed by atoms with Gasteiger partial charge in [-0.25, -0.2) is 0 Å². The second-order valence-electron chi connectivity index (χ2n) is 12.1. The van der Waals surface area contributed by atoms with E-state index in [1.165, 1.54) is 13.2 Å². The Kier molecular flexibility index (Phi) is 9.60. The molecule has 3 saturated carbocycles. The molecule has 4 rings (SSSR count). The summed E-state index contributed by atoms with van der Waals surface area (Å²) in [4.78, 5) is 38.4. The Morgan fingerprint density at radius 3 is 2.45 bits per heavy atom. The molecule has 3 aliphatic rings. The average Bonchev–Trinajstić information content (AvgIpc) is 3.56. The fourth-order valence-corrected chi connectivity index (χ4v) is 6.82. The van der Waals surface area contributed by atoms with Crippen molar-refractivity contribution in [2.45, 2.75) is 96.6 Å². The van der Waals surface area contributed by atoms with Gasteiger partial charge >= 0.3 is 5.97 Å². The number of carboxylic acids is 1. The van der Waals surface area contributed by atoms with E-state index in [4.69, 9.17) is 9.47 Å². The molecule has 3 aliphatic carbocycles. The molecule has 2 bridgehead atoms. The summed E-state index contributed by atoms with van der Waals surface area (Å²) >= 11 is 0. The van der Waals surface area contributed by atoms with Crippen LogP contribution >= 0.6 is 0 Å². The van der Waals surface area contributed by atoms with E-state index in [0.29, 0.717) is 32.2 Å². The van der Waals surface area contributed by atoms with Gasteiger partial charge in [-0.15, -0.1) is 0 Å². The van der Waals surface area contributed by atoms with E-state index >= 15 is 0 Å². The van der Waals surface area contributed by atoms with Crippen molar-refractivity contribution in [1.29, 1.82) is 5.26 Å². The third-order valence-corrected chi connectivity index (χ3v) is 9.36. The molecule has 0 radical (unpaired) electrons. The number of amides is 2. The summed E-state index contributed by atoms with van der Waals surface area (Å²) in [6.07, 6.45) is 9.08. The van der Waals surface area contributed by atoms with Gasteiger partial charge in [-0.2, -0.15) is 5.26 Å². The Labute approximate surface area is 237 Å². The number of carbonyl (C=O) groups is 3. The lowest BCUT2D eigenvalue weighted by atomic mass is 9.75. The highest BCUT2D eigenvalue weighted by atomic mass is 16.5. The molecule has 0 heterocycles. The van der Waals surface area contributed by atoms with Gasteiger partial charge in [0.05, 0.1) is 35.7 Å². The van der Waals surface area contributed by atoms with Gasteiger partial charge in [-0.3, -0.25) is 14.4 Å². The van der Waals surface area contributed by atoms with Gasteiger partial charge in [0.15, 0.2) is 0 Å². The minimum atomic E-state index is -0.809. The molecule has 0 saturated heterocycles. The molecule has 0 spiro atoms. The van der Waals surface area contributed by atoms with Gasteiger partial charge in [0.1, 0.15) is 17.6 Å². The summed E-state index contributed by atoms with van der Waals surface area (Å²) in [5.41, 5.74) is -0.272. The van der Waals surface area contributed by atoms with Gasteiger partial charge in [-0.1, -0.05) is 26.2 Å². The lowest BCUT2D eigenvalue weighted by Crippen LogP contribution is -2.50. The molecule has 9 nitrogen and oxygen atoms in total. The zero-order valence-corrected chi connectivity index (χ0v) is 24.0. The number of rotatable bonds is 12. The monoisotopic (exact) mass is 553 g/mol. The topological polar surface area (TPSA) is 138 Å². The molecule has 218 valence electrons. The minimum absolute atomic E-state index is 0.0236. The number of hydrogen-bond acceptors (Lipinski definition) is 6.